The Kier molecular flexibility index (Phi) is 2.21. The van der Waals surface area contributed by atoms with Crippen molar-refractivity contribution in [3.05, 3.63) is 35.5 Å². The summed E-state index contributed by atoms with van der Waals surface area (Å²) >= 11 is 0. The van der Waals surface area contributed by atoms with Crippen molar-refractivity contribution in [2.24, 2.45) is 0 Å². The summed E-state index contributed by atoms with van der Waals surface area (Å²) in [5, 5.41) is 1.22. The minimum atomic E-state index is 0.159. The predicted molar refractivity (Wildman–Crippen MR) is 67.8 cm³/mol. The molecular formula is C14H16N2O. The number of aromatic nitrogens is 1. The molecule has 1 aliphatic heterocycles. The maximum Gasteiger partial charge on any atom is 0.219 e. The number of amides is 1. The first kappa shape index (κ1) is 10.4. The summed E-state index contributed by atoms with van der Waals surface area (Å²) < 4.78 is 0. The molecular weight excluding hydrogens is 212 g/mol. The van der Waals surface area contributed by atoms with Crippen molar-refractivity contribution in [2.45, 2.75) is 26.3 Å². The minimum Gasteiger partial charge on any atom is -0.361 e. The molecule has 2 heterocycles. The molecule has 17 heavy (non-hydrogen) atoms. The van der Waals surface area contributed by atoms with Crippen molar-refractivity contribution in [3.8, 4) is 0 Å². The second kappa shape index (κ2) is 3.62. The average molecular weight is 228 g/mol. The second-order valence-corrected chi connectivity index (χ2v) is 4.72. The fraction of sp³-hybridized carbons (Fsp3) is 0.357. The number of aromatic amines is 1. The molecule has 88 valence electrons. The predicted octanol–water partition coefficient (Wildman–Crippen LogP) is 2.63. The first-order chi connectivity index (χ1) is 8.18. The van der Waals surface area contributed by atoms with Gasteiger partial charge in [-0.15, -0.1) is 0 Å². The van der Waals surface area contributed by atoms with Gasteiger partial charge in [-0.25, -0.2) is 0 Å². The van der Waals surface area contributed by atoms with Crippen LogP contribution in [0, 0.1) is 0 Å². The summed E-state index contributed by atoms with van der Waals surface area (Å²) in [6, 6.07) is 6.59. The van der Waals surface area contributed by atoms with Gasteiger partial charge in [0.25, 0.3) is 0 Å². The number of carbonyl (C=O) groups excluding carboxylic acids is 1. The first-order valence-electron chi connectivity index (χ1n) is 6.04. The lowest BCUT2D eigenvalue weighted by molar-refractivity contribution is -0.131. The van der Waals surface area contributed by atoms with E-state index in [0.717, 1.165) is 13.0 Å². The summed E-state index contributed by atoms with van der Waals surface area (Å²) in [5.74, 6) is 0.159. The van der Waals surface area contributed by atoms with E-state index in [0.29, 0.717) is 0 Å². The number of H-pyrrole nitrogens is 1. The standard InChI is InChI=1S/C14H16N2O/c1-9-13-11(6-8-16(9)10(2)17)3-4-12-5-7-15-14(12)13/h3-5,7,9,15H,6,8H2,1-2H3. The number of fused-ring (bicyclic) bond motifs is 3. The highest BCUT2D eigenvalue weighted by molar-refractivity contribution is 5.85. The first-order valence-corrected chi connectivity index (χ1v) is 6.04. The van der Waals surface area contributed by atoms with E-state index in [1.54, 1.807) is 6.92 Å². The Balaban J connectivity index is 2.20. The van der Waals surface area contributed by atoms with Gasteiger partial charge < -0.3 is 9.88 Å². The number of benzene rings is 1. The van der Waals surface area contributed by atoms with Gasteiger partial charge in [0.2, 0.25) is 5.91 Å². The molecule has 3 rings (SSSR count). The Hall–Kier alpha value is -1.77. The van der Waals surface area contributed by atoms with Crippen molar-refractivity contribution in [3.63, 3.8) is 0 Å². The van der Waals surface area contributed by atoms with Crippen LogP contribution >= 0.6 is 0 Å². The van der Waals surface area contributed by atoms with Gasteiger partial charge in [0.15, 0.2) is 0 Å². The smallest absolute Gasteiger partial charge is 0.219 e. The highest BCUT2D eigenvalue weighted by Gasteiger charge is 2.27. The molecule has 0 aliphatic carbocycles. The van der Waals surface area contributed by atoms with Crippen molar-refractivity contribution in [2.75, 3.05) is 6.54 Å². The summed E-state index contributed by atoms with van der Waals surface area (Å²) in [5.41, 5.74) is 3.83. The lowest BCUT2D eigenvalue weighted by Gasteiger charge is -2.35. The normalized spacial score (nSPS) is 19.4. The van der Waals surface area contributed by atoms with Gasteiger partial charge in [-0.2, -0.15) is 0 Å². The number of hydrogen-bond donors (Lipinski definition) is 1. The molecule has 3 heteroatoms. The van der Waals surface area contributed by atoms with E-state index in [1.165, 1.54) is 22.0 Å². The molecule has 1 aliphatic rings. The van der Waals surface area contributed by atoms with Gasteiger partial charge in [-0.3, -0.25) is 4.79 Å². The van der Waals surface area contributed by atoms with Gasteiger partial charge in [0, 0.05) is 25.2 Å². The number of nitrogens with zero attached hydrogens (tertiary/aromatic N) is 1. The lowest BCUT2D eigenvalue weighted by atomic mass is 9.91. The molecule has 1 unspecified atom stereocenters. The largest absolute Gasteiger partial charge is 0.361 e. The van der Waals surface area contributed by atoms with Crippen molar-refractivity contribution in [1.82, 2.24) is 9.88 Å². The van der Waals surface area contributed by atoms with E-state index in [9.17, 15) is 4.79 Å². The molecule has 3 nitrogen and oxygen atoms in total. The molecule has 0 saturated heterocycles. The van der Waals surface area contributed by atoms with Crippen molar-refractivity contribution in [1.29, 1.82) is 0 Å². The number of rotatable bonds is 0. The highest BCUT2D eigenvalue weighted by Crippen LogP contribution is 2.34. The van der Waals surface area contributed by atoms with Crippen molar-refractivity contribution < 1.29 is 4.79 Å². The third-order valence-corrected chi connectivity index (χ3v) is 3.77. The van der Waals surface area contributed by atoms with Crippen LogP contribution in [0.1, 0.15) is 31.0 Å². The fourth-order valence-electron chi connectivity index (χ4n) is 2.91. The molecule has 1 atom stereocenters. The summed E-state index contributed by atoms with van der Waals surface area (Å²) in [6.07, 6.45) is 2.92. The molecule has 1 N–H and O–H groups in total. The molecule has 0 spiro atoms. The average Bonchev–Trinajstić information content (AvgIpc) is 2.76. The molecule has 0 bridgehead atoms. The molecule has 1 aromatic carbocycles. The second-order valence-electron chi connectivity index (χ2n) is 4.72. The zero-order valence-electron chi connectivity index (χ0n) is 10.2. The Bertz CT molecular complexity index is 585. The van der Waals surface area contributed by atoms with Gasteiger partial charge in [0.05, 0.1) is 11.6 Å². The molecule has 2 aromatic rings. The highest BCUT2D eigenvalue weighted by atomic mass is 16.2. The van der Waals surface area contributed by atoms with Crippen LogP contribution in [0.3, 0.4) is 0 Å². The Morgan fingerprint density at radius 2 is 2.24 bits per heavy atom. The van der Waals surface area contributed by atoms with Crippen LogP contribution in [0.2, 0.25) is 0 Å². The van der Waals surface area contributed by atoms with E-state index in [-0.39, 0.29) is 11.9 Å². The van der Waals surface area contributed by atoms with E-state index in [4.69, 9.17) is 0 Å². The van der Waals surface area contributed by atoms with E-state index in [1.807, 2.05) is 11.1 Å². The number of carbonyl (C=O) groups is 1. The SMILES string of the molecule is CC(=O)N1CCc2ccc3cc[nH]c3c2C1C. The molecule has 0 fully saturated rings. The number of hydrogen-bond acceptors (Lipinski definition) is 1. The minimum absolute atomic E-state index is 0.159. The van der Waals surface area contributed by atoms with E-state index in [2.05, 4.69) is 30.1 Å². The van der Waals surface area contributed by atoms with Crippen molar-refractivity contribution >= 4 is 16.8 Å². The van der Waals surface area contributed by atoms with E-state index < -0.39 is 0 Å². The molecule has 0 radical (unpaired) electrons. The number of nitrogens with one attached hydrogen (secondary N) is 1. The van der Waals surface area contributed by atoms with Crippen LogP contribution in [0.25, 0.3) is 10.9 Å². The van der Waals surface area contributed by atoms with Gasteiger partial charge in [-0.1, -0.05) is 12.1 Å². The Morgan fingerprint density at radius 1 is 1.41 bits per heavy atom. The maximum absolute atomic E-state index is 11.6. The summed E-state index contributed by atoms with van der Waals surface area (Å²) in [7, 11) is 0. The van der Waals surface area contributed by atoms with Crippen LogP contribution in [0.5, 0.6) is 0 Å². The lowest BCUT2D eigenvalue weighted by Crippen LogP contribution is -2.37. The van der Waals surface area contributed by atoms with Crippen LogP contribution in [-0.4, -0.2) is 22.3 Å². The summed E-state index contributed by atoms with van der Waals surface area (Å²) in [6.45, 7) is 4.59. The van der Waals surface area contributed by atoms with Crippen LogP contribution in [0.4, 0.5) is 0 Å². The molecule has 0 saturated carbocycles. The van der Waals surface area contributed by atoms with Gasteiger partial charge in [-0.05, 0) is 30.4 Å². The fourth-order valence-corrected chi connectivity index (χ4v) is 2.91. The topological polar surface area (TPSA) is 36.1 Å². The van der Waals surface area contributed by atoms with Crippen LogP contribution in [-0.2, 0) is 11.2 Å². The van der Waals surface area contributed by atoms with Crippen LogP contribution < -0.4 is 0 Å². The Labute approximate surface area is 100 Å². The Morgan fingerprint density at radius 3 is 3.00 bits per heavy atom. The molecule has 1 aromatic heterocycles. The molecule has 1 amide bonds. The summed E-state index contributed by atoms with van der Waals surface area (Å²) in [4.78, 5) is 16.9. The quantitative estimate of drug-likeness (QED) is 0.739. The third kappa shape index (κ3) is 1.46. The van der Waals surface area contributed by atoms with E-state index >= 15 is 0 Å². The third-order valence-electron chi connectivity index (χ3n) is 3.77. The monoisotopic (exact) mass is 228 g/mol. The maximum atomic E-state index is 11.6. The van der Waals surface area contributed by atoms with Crippen LogP contribution in [0.15, 0.2) is 24.4 Å². The van der Waals surface area contributed by atoms with Gasteiger partial charge >= 0.3 is 0 Å². The van der Waals surface area contributed by atoms with Gasteiger partial charge in [0.1, 0.15) is 0 Å². The zero-order chi connectivity index (χ0) is 12.0. The zero-order valence-corrected chi connectivity index (χ0v) is 10.2.